The van der Waals surface area contributed by atoms with Gasteiger partial charge < -0.3 is 10.0 Å². The Kier molecular flexibility index (Phi) is 5.35. The molecular weight excluding hydrogens is 350 g/mol. The first-order chi connectivity index (χ1) is 13.7. The Bertz CT molecular complexity index is 956. The molecule has 1 saturated heterocycles. The van der Waals surface area contributed by atoms with Crippen LogP contribution in [-0.2, 0) is 4.79 Å². The van der Waals surface area contributed by atoms with Gasteiger partial charge in [-0.2, -0.15) is 5.10 Å². The van der Waals surface area contributed by atoms with Crippen molar-refractivity contribution in [1.82, 2.24) is 14.7 Å². The summed E-state index contributed by atoms with van der Waals surface area (Å²) >= 11 is 0. The maximum atomic E-state index is 12.5. The average molecular weight is 373 g/mol. The third kappa shape index (κ3) is 4.05. The van der Waals surface area contributed by atoms with Crippen molar-refractivity contribution >= 4 is 12.0 Å². The summed E-state index contributed by atoms with van der Waals surface area (Å²) in [5.74, 6) is -0.0293. The lowest BCUT2D eigenvalue weighted by molar-refractivity contribution is -0.127. The number of nitrogens with zero attached hydrogens (tertiary/aromatic N) is 3. The zero-order valence-electron chi connectivity index (χ0n) is 15.6. The van der Waals surface area contributed by atoms with Crippen molar-refractivity contribution in [3.05, 3.63) is 78.5 Å². The van der Waals surface area contributed by atoms with Gasteiger partial charge in [-0.25, -0.2) is 4.68 Å². The van der Waals surface area contributed by atoms with Crippen LogP contribution in [0.3, 0.4) is 0 Å². The number of likely N-dealkylation sites (tertiary alicyclic amines) is 1. The highest BCUT2D eigenvalue weighted by Gasteiger charge is 2.19. The van der Waals surface area contributed by atoms with Crippen molar-refractivity contribution in [2.75, 3.05) is 13.1 Å². The summed E-state index contributed by atoms with van der Waals surface area (Å²) in [5.41, 5.74) is 3.70. The Morgan fingerprint density at radius 2 is 1.64 bits per heavy atom. The first-order valence-corrected chi connectivity index (χ1v) is 9.56. The van der Waals surface area contributed by atoms with Gasteiger partial charge in [-0.15, -0.1) is 0 Å². The number of benzene rings is 2. The molecule has 1 N–H and O–H groups in total. The first-order valence-electron chi connectivity index (χ1n) is 9.56. The molecule has 1 aliphatic rings. The van der Waals surface area contributed by atoms with Crippen LogP contribution < -0.4 is 0 Å². The molecule has 0 unspecified atom stereocenters. The van der Waals surface area contributed by atoms with Gasteiger partial charge in [0.2, 0.25) is 5.91 Å². The van der Waals surface area contributed by atoms with E-state index < -0.39 is 0 Å². The number of hydrogen-bond donors (Lipinski definition) is 1. The Hall–Kier alpha value is -3.18. The second-order valence-electron chi connectivity index (χ2n) is 6.97. The number of aromatic nitrogens is 2. The molecule has 142 valence electrons. The van der Waals surface area contributed by atoms with Crippen molar-refractivity contribution in [3.8, 4) is 16.9 Å². The van der Waals surface area contributed by atoms with Crippen molar-refractivity contribution in [2.45, 2.75) is 18.9 Å². The molecule has 1 fully saturated rings. The number of carbonyl (C=O) groups is 1. The van der Waals surface area contributed by atoms with Crippen LogP contribution in [-0.4, -0.2) is 44.9 Å². The molecule has 3 aromatic rings. The second-order valence-corrected chi connectivity index (χ2v) is 6.97. The predicted molar refractivity (Wildman–Crippen MR) is 110 cm³/mol. The highest BCUT2D eigenvalue weighted by atomic mass is 16.3. The molecule has 0 saturated carbocycles. The molecule has 5 nitrogen and oxygen atoms in total. The number of para-hydroxylation sites is 1. The molecule has 1 aromatic heterocycles. The quantitative estimate of drug-likeness (QED) is 0.712. The van der Waals surface area contributed by atoms with Crippen molar-refractivity contribution in [2.24, 2.45) is 0 Å². The number of hydrogen-bond acceptors (Lipinski definition) is 3. The predicted octanol–water partition coefficient (Wildman–Crippen LogP) is 3.54. The summed E-state index contributed by atoms with van der Waals surface area (Å²) in [7, 11) is 0. The molecular formula is C23H23N3O2. The van der Waals surface area contributed by atoms with Crippen molar-refractivity contribution < 1.29 is 9.90 Å². The highest BCUT2D eigenvalue weighted by Crippen LogP contribution is 2.25. The lowest BCUT2D eigenvalue weighted by Gasteiger charge is -2.28. The van der Waals surface area contributed by atoms with Crippen LogP contribution in [0.4, 0.5) is 0 Å². The Labute approximate surface area is 164 Å². The van der Waals surface area contributed by atoms with E-state index >= 15 is 0 Å². The fraction of sp³-hybridized carbons (Fsp3) is 0.217. The zero-order valence-corrected chi connectivity index (χ0v) is 15.6. The standard InChI is InChI=1S/C23H23N3O2/c27-21-13-15-25(16-14-21)22(28)12-11-19-17-26(20-9-5-2-6-10-20)24-23(19)18-7-3-1-4-8-18/h1-12,17,21,27H,13-16H2/b12-11+. The Balaban J connectivity index is 1.63. The van der Waals surface area contributed by atoms with Gasteiger partial charge in [-0.05, 0) is 31.1 Å². The van der Waals surface area contributed by atoms with Crippen LogP contribution in [0.2, 0.25) is 0 Å². The van der Waals surface area contributed by atoms with Gasteiger partial charge in [-0.1, -0.05) is 48.5 Å². The van der Waals surface area contributed by atoms with E-state index in [1.165, 1.54) is 0 Å². The van der Waals surface area contributed by atoms with Crippen LogP contribution in [0.1, 0.15) is 18.4 Å². The minimum absolute atomic E-state index is 0.0293. The molecule has 1 aliphatic heterocycles. The van der Waals surface area contributed by atoms with Crippen molar-refractivity contribution in [3.63, 3.8) is 0 Å². The number of aliphatic hydroxyl groups is 1. The summed E-state index contributed by atoms with van der Waals surface area (Å²) in [5, 5.41) is 14.4. The van der Waals surface area contributed by atoms with Crippen LogP contribution in [0.15, 0.2) is 72.9 Å². The number of rotatable bonds is 4. The van der Waals surface area contributed by atoms with Gasteiger partial charge in [0, 0.05) is 36.5 Å². The minimum atomic E-state index is -0.290. The van der Waals surface area contributed by atoms with Gasteiger partial charge in [-0.3, -0.25) is 4.79 Å². The van der Waals surface area contributed by atoms with Gasteiger partial charge in [0.25, 0.3) is 0 Å². The van der Waals surface area contributed by atoms with E-state index in [1.807, 2.05) is 77.6 Å². The van der Waals surface area contributed by atoms with E-state index in [1.54, 1.807) is 11.0 Å². The zero-order chi connectivity index (χ0) is 19.3. The highest BCUT2D eigenvalue weighted by molar-refractivity contribution is 5.93. The lowest BCUT2D eigenvalue weighted by atomic mass is 10.1. The van der Waals surface area contributed by atoms with Crippen LogP contribution in [0.25, 0.3) is 23.0 Å². The topological polar surface area (TPSA) is 58.4 Å². The number of carbonyl (C=O) groups excluding carboxylic acids is 1. The fourth-order valence-corrected chi connectivity index (χ4v) is 3.40. The maximum absolute atomic E-state index is 12.5. The summed E-state index contributed by atoms with van der Waals surface area (Å²) < 4.78 is 1.84. The van der Waals surface area contributed by atoms with Crippen LogP contribution in [0, 0.1) is 0 Å². The van der Waals surface area contributed by atoms with Crippen LogP contribution >= 0.6 is 0 Å². The monoisotopic (exact) mass is 373 g/mol. The van der Waals surface area contributed by atoms with E-state index in [0.717, 1.165) is 22.5 Å². The minimum Gasteiger partial charge on any atom is -0.393 e. The van der Waals surface area contributed by atoms with Gasteiger partial charge in [0.15, 0.2) is 0 Å². The van der Waals surface area contributed by atoms with Gasteiger partial charge in [0.1, 0.15) is 0 Å². The fourth-order valence-electron chi connectivity index (χ4n) is 3.40. The molecule has 0 radical (unpaired) electrons. The van der Waals surface area contributed by atoms with E-state index in [4.69, 9.17) is 5.10 Å². The molecule has 4 rings (SSSR count). The van der Waals surface area contributed by atoms with Gasteiger partial charge >= 0.3 is 0 Å². The van der Waals surface area contributed by atoms with Crippen LogP contribution in [0.5, 0.6) is 0 Å². The second kappa shape index (κ2) is 8.23. The van der Waals surface area contributed by atoms with E-state index in [0.29, 0.717) is 25.9 Å². The van der Waals surface area contributed by atoms with E-state index in [2.05, 4.69) is 0 Å². The molecule has 5 heteroatoms. The molecule has 1 amide bonds. The Morgan fingerprint density at radius 3 is 2.32 bits per heavy atom. The van der Waals surface area contributed by atoms with Gasteiger partial charge in [0.05, 0.1) is 17.5 Å². The summed E-state index contributed by atoms with van der Waals surface area (Å²) in [6.45, 7) is 1.19. The summed E-state index contributed by atoms with van der Waals surface area (Å²) in [6, 6.07) is 19.9. The molecule has 2 aromatic carbocycles. The number of amides is 1. The third-order valence-electron chi connectivity index (χ3n) is 4.99. The first kappa shape index (κ1) is 18.2. The Morgan fingerprint density at radius 1 is 1.00 bits per heavy atom. The van der Waals surface area contributed by atoms with E-state index in [-0.39, 0.29) is 12.0 Å². The SMILES string of the molecule is O=C(/C=C/c1cn(-c2ccccc2)nc1-c1ccccc1)N1CCC(O)CC1. The smallest absolute Gasteiger partial charge is 0.246 e. The van der Waals surface area contributed by atoms with Crippen molar-refractivity contribution in [1.29, 1.82) is 0 Å². The molecule has 0 aliphatic carbocycles. The van der Waals surface area contributed by atoms with E-state index in [9.17, 15) is 9.90 Å². The molecule has 0 atom stereocenters. The maximum Gasteiger partial charge on any atom is 0.246 e. The lowest BCUT2D eigenvalue weighted by Crippen LogP contribution is -2.39. The number of aliphatic hydroxyl groups excluding tert-OH is 1. The normalized spacial score (nSPS) is 15.2. The molecule has 2 heterocycles. The third-order valence-corrected chi connectivity index (χ3v) is 4.99. The molecule has 28 heavy (non-hydrogen) atoms. The molecule has 0 bridgehead atoms. The largest absolute Gasteiger partial charge is 0.393 e. The molecule has 0 spiro atoms. The summed E-state index contributed by atoms with van der Waals surface area (Å²) in [6.07, 6.45) is 6.38. The average Bonchev–Trinajstić information content (AvgIpc) is 3.18. The summed E-state index contributed by atoms with van der Waals surface area (Å²) in [4.78, 5) is 14.3. The number of piperidine rings is 1.